The lowest BCUT2D eigenvalue weighted by Crippen LogP contribution is -2.42. The summed E-state index contributed by atoms with van der Waals surface area (Å²) in [6, 6.07) is 9.90. The van der Waals surface area contributed by atoms with Gasteiger partial charge in [0.1, 0.15) is 5.04 Å². The SMILES string of the molecule is C=C(C1=NC(=C)[C@H](C(C)([S-](=S)=S)S(=S)(=S)S)S1)c1ccccc1.CC. The maximum atomic E-state index is 5.49. The zero-order valence-electron chi connectivity index (χ0n) is 14.1. The molecule has 1 aromatic carbocycles. The van der Waals surface area contributed by atoms with Crippen molar-refractivity contribution in [1.82, 2.24) is 0 Å². The van der Waals surface area contributed by atoms with Crippen molar-refractivity contribution >= 4 is 93.0 Å². The highest BCUT2D eigenvalue weighted by molar-refractivity contribution is 8.95. The van der Waals surface area contributed by atoms with E-state index in [-0.39, 0.29) is 5.25 Å². The zero-order valence-corrected chi connectivity index (χ0v) is 20.7. The first-order valence-corrected chi connectivity index (χ1v) is 15.8. The minimum Gasteiger partial charge on any atom is -0.329 e. The monoisotopic (exact) mass is 482 g/mol. The molecule has 0 spiro atoms. The number of rotatable bonds is 5. The van der Waals surface area contributed by atoms with Gasteiger partial charge in [-0.1, -0.05) is 82.2 Å². The lowest BCUT2D eigenvalue weighted by molar-refractivity contribution is 0.896. The van der Waals surface area contributed by atoms with Crippen LogP contribution < -0.4 is 0 Å². The van der Waals surface area contributed by atoms with E-state index >= 15 is 0 Å². The third-order valence-electron chi connectivity index (χ3n) is 3.48. The average molecular weight is 483 g/mol. The van der Waals surface area contributed by atoms with Gasteiger partial charge in [-0.05, 0) is 32.0 Å². The van der Waals surface area contributed by atoms with E-state index < -0.39 is 18.3 Å². The Kier molecular flexibility index (Phi) is 9.22. The lowest BCUT2D eigenvalue weighted by Gasteiger charge is -2.42. The van der Waals surface area contributed by atoms with Crippen molar-refractivity contribution in [1.29, 1.82) is 0 Å². The van der Waals surface area contributed by atoms with Crippen LogP contribution in [-0.2, 0) is 58.9 Å². The van der Waals surface area contributed by atoms with Gasteiger partial charge in [-0.2, -0.15) is 0 Å². The third-order valence-corrected chi connectivity index (χ3v) is 15.7. The van der Waals surface area contributed by atoms with Crippen LogP contribution in [-0.4, -0.2) is 14.4 Å². The molecule has 1 aliphatic rings. The van der Waals surface area contributed by atoms with E-state index in [0.717, 1.165) is 16.2 Å². The number of aliphatic imine (C=N–C) groups is 1. The van der Waals surface area contributed by atoms with Gasteiger partial charge in [-0.25, -0.2) is 4.99 Å². The first-order valence-electron chi connectivity index (χ1n) is 7.34. The third kappa shape index (κ3) is 5.13. The van der Waals surface area contributed by atoms with Crippen LogP contribution in [0.1, 0.15) is 26.3 Å². The van der Waals surface area contributed by atoms with Gasteiger partial charge in [-0.15, -0.1) is 11.7 Å². The molecule has 1 aliphatic heterocycles. The number of thiol groups is 1. The Morgan fingerprint density at radius 3 is 2.24 bits per heavy atom. The van der Waals surface area contributed by atoms with E-state index in [1.807, 2.05) is 51.1 Å². The molecule has 0 radical (unpaired) electrons. The Morgan fingerprint density at radius 2 is 1.80 bits per heavy atom. The van der Waals surface area contributed by atoms with Crippen LogP contribution in [0.2, 0.25) is 0 Å². The Bertz CT molecular complexity index is 857. The highest BCUT2D eigenvalue weighted by Gasteiger charge is 2.39. The summed E-state index contributed by atoms with van der Waals surface area (Å²) in [6.07, 6.45) is -2.11. The maximum absolute atomic E-state index is 5.49. The summed E-state index contributed by atoms with van der Waals surface area (Å²) in [5.41, 5.74) is 2.56. The summed E-state index contributed by atoms with van der Waals surface area (Å²) in [5.74, 6) is 0. The number of nitrogens with zero attached hydrogens (tertiary/aromatic N) is 1. The maximum Gasteiger partial charge on any atom is 0.104 e. The predicted molar refractivity (Wildman–Crippen MR) is 136 cm³/mol. The molecule has 0 bridgehead atoms. The van der Waals surface area contributed by atoms with Gasteiger partial charge in [0.05, 0.1) is 5.25 Å². The summed E-state index contributed by atoms with van der Waals surface area (Å²) in [5, 5.41) is 0.661. The fraction of sp³-hybridized carbons (Fsp3) is 0.312. The highest BCUT2D eigenvalue weighted by atomic mass is 33.5. The standard InChI is InChI=1S/C14H14NS8.C2H6/c1-9(11-7-5-4-6-8-11)13-15-10(2)12(21-13)14(3,22(16)17)23(18,19)20;1-2/h4-8,12H,1-2H2,3H3,(H,18,19,20);1-2H3/q-1;/t12-,14?;/m1./s1. The van der Waals surface area contributed by atoms with Crippen molar-refractivity contribution in [3.63, 3.8) is 0 Å². The van der Waals surface area contributed by atoms with Crippen molar-refractivity contribution in [2.75, 3.05) is 0 Å². The Hall–Kier alpha value is 0.650. The topological polar surface area (TPSA) is 12.4 Å². The summed E-state index contributed by atoms with van der Waals surface area (Å²) in [7, 11) is -0.837. The summed E-state index contributed by atoms with van der Waals surface area (Å²) >= 11 is 27.8. The minimum absolute atomic E-state index is 0.154. The molecule has 0 N–H and O–H groups in total. The molecule has 0 aliphatic carbocycles. The van der Waals surface area contributed by atoms with Gasteiger partial charge < -0.3 is 8.01 Å². The average Bonchev–Trinajstić information content (AvgIpc) is 2.97. The Morgan fingerprint density at radius 1 is 1.28 bits per heavy atom. The summed E-state index contributed by atoms with van der Waals surface area (Å²) < 4.78 is -0.657. The Labute approximate surface area is 181 Å². The van der Waals surface area contributed by atoms with E-state index in [0.29, 0.717) is 5.70 Å². The molecule has 2 rings (SSSR count). The van der Waals surface area contributed by atoms with Crippen LogP contribution in [0.4, 0.5) is 0 Å². The number of thioether (sulfide) groups is 1. The van der Waals surface area contributed by atoms with Crippen LogP contribution in [0.25, 0.3) is 5.57 Å². The largest absolute Gasteiger partial charge is 0.329 e. The second-order valence-corrected chi connectivity index (χ2v) is 18.8. The van der Waals surface area contributed by atoms with Crippen molar-refractivity contribution in [3.8, 4) is 0 Å². The second kappa shape index (κ2) is 9.73. The molecule has 1 nitrogen and oxygen atoms in total. The van der Waals surface area contributed by atoms with E-state index in [9.17, 15) is 0 Å². The van der Waals surface area contributed by atoms with Crippen LogP contribution in [0.15, 0.2) is 54.2 Å². The molecule has 0 saturated heterocycles. The minimum atomic E-state index is -2.11. The lowest BCUT2D eigenvalue weighted by atomic mass is 10.1. The molecule has 1 heterocycles. The fourth-order valence-electron chi connectivity index (χ4n) is 2.01. The van der Waals surface area contributed by atoms with Crippen LogP contribution >= 0.6 is 23.4 Å². The molecule has 9 heteroatoms. The fourth-order valence-corrected chi connectivity index (χ4v) is 14.1. The van der Waals surface area contributed by atoms with Crippen molar-refractivity contribution in [2.24, 2.45) is 4.99 Å². The van der Waals surface area contributed by atoms with Gasteiger partial charge in [0.25, 0.3) is 0 Å². The van der Waals surface area contributed by atoms with Crippen molar-refractivity contribution < 1.29 is 0 Å². The normalized spacial score (nSPS) is 19.6. The predicted octanol–water partition coefficient (Wildman–Crippen LogP) is 4.93. The molecule has 0 saturated carbocycles. The van der Waals surface area contributed by atoms with E-state index in [4.69, 9.17) is 44.8 Å². The first kappa shape index (κ1) is 23.7. The zero-order chi connectivity index (χ0) is 19.4. The van der Waals surface area contributed by atoms with Gasteiger partial charge in [-0.3, -0.25) is 22.4 Å². The summed E-state index contributed by atoms with van der Waals surface area (Å²) in [4.78, 5) is 4.59. The number of hydrogen-bond donors (Lipinski definition) is 1. The molecular weight excluding hydrogens is 463 g/mol. The molecule has 0 amide bonds. The second-order valence-electron chi connectivity index (χ2n) is 4.98. The van der Waals surface area contributed by atoms with E-state index in [1.54, 1.807) is 11.8 Å². The molecule has 0 fully saturated rings. The molecule has 1 aromatic rings. The van der Waals surface area contributed by atoms with Gasteiger partial charge in [0, 0.05) is 11.3 Å². The molecule has 25 heavy (non-hydrogen) atoms. The number of hydrogen-bond acceptors (Lipinski definition) is 7. The molecule has 0 aromatic heterocycles. The van der Waals surface area contributed by atoms with Crippen LogP contribution in [0.5, 0.6) is 0 Å². The van der Waals surface area contributed by atoms with Gasteiger partial charge >= 0.3 is 0 Å². The van der Waals surface area contributed by atoms with Crippen LogP contribution in [0, 0.1) is 0 Å². The van der Waals surface area contributed by atoms with Gasteiger partial charge in [0.15, 0.2) is 0 Å². The quantitative estimate of drug-likeness (QED) is 0.362. The molecule has 138 valence electrons. The van der Waals surface area contributed by atoms with Crippen molar-refractivity contribution in [3.05, 3.63) is 54.8 Å². The molecule has 1 unspecified atom stereocenters. The van der Waals surface area contributed by atoms with E-state index in [1.165, 1.54) is 0 Å². The smallest absolute Gasteiger partial charge is 0.104 e. The number of benzene rings is 1. The molecule has 2 atom stereocenters. The van der Waals surface area contributed by atoms with E-state index in [2.05, 4.69) is 29.8 Å². The van der Waals surface area contributed by atoms with Gasteiger partial charge in [0.2, 0.25) is 0 Å². The highest BCUT2D eigenvalue weighted by Crippen LogP contribution is 2.45. The van der Waals surface area contributed by atoms with Crippen molar-refractivity contribution in [2.45, 2.75) is 30.1 Å². The Balaban J connectivity index is 0.00000151. The summed E-state index contributed by atoms with van der Waals surface area (Å²) in [6.45, 7) is 14.2. The molecular formula is C16H20NS8-. The van der Waals surface area contributed by atoms with Crippen LogP contribution in [0.3, 0.4) is 0 Å². The first-order chi connectivity index (χ1) is 11.6.